The van der Waals surface area contributed by atoms with Crippen molar-refractivity contribution < 1.29 is 22.7 Å². The van der Waals surface area contributed by atoms with Crippen LogP contribution in [0, 0.1) is 6.92 Å². The zero-order valence-electron chi connectivity index (χ0n) is 10.8. The van der Waals surface area contributed by atoms with Gasteiger partial charge in [0.15, 0.2) is 5.69 Å². The van der Waals surface area contributed by atoms with E-state index in [4.69, 9.17) is 4.74 Å². The molecule has 0 amide bonds. The average molecular weight is 289 g/mol. The van der Waals surface area contributed by atoms with Crippen LogP contribution >= 0.6 is 0 Å². The van der Waals surface area contributed by atoms with Gasteiger partial charge in [0.25, 0.3) is 11.6 Å². The summed E-state index contributed by atoms with van der Waals surface area (Å²) in [6, 6.07) is 0. The molecule has 0 unspecified atom stereocenters. The zero-order chi connectivity index (χ0) is 15.1. The lowest BCUT2D eigenvalue weighted by atomic mass is 10.3. The van der Waals surface area contributed by atoms with Gasteiger partial charge in [0.1, 0.15) is 0 Å². The van der Waals surface area contributed by atoms with Gasteiger partial charge < -0.3 is 4.74 Å². The first-order valence-electron chi connectivity index (χ1n) is 5.58. The number of hydrogen-bond acceptors (Lipinski definition) is 6. The van der Waals surface area contributed by atoms with E-state index in [1.807, 2.05) is 0 Å². The smallest absolute Gasteiger partial charge is 0.453 e. The minimum atomic E-state index is -4.70. The fourth-order valence-corrected chi connectivity index (χ4v) is 1.44. The van der Waals surface area contributed by atoms with E-state index in [1.165, 1.54) is 6.92 Å². The van der Waals surface area contributed by atoms with Crippen LogP contribution in [0.5, 0.6) is 0 Å². The summed E-state index contributed by atoms with van der Waals surface area (Å²) in [5.41, 5.74) is -0.131. The molecule has 0 saturated heterocycles. The molecular weight excluding hydrogens is 279 g/mol. The predicted molar refractivity (Wildman–Crippen MR) is 58.9 cm³/mol. The number of rotatable bonds is 2. The van der Waals surface area contributed by atoms with Crippen LogP contribution in [0.3, 0.4) is 0 Å². The van der Waals surface area contributed by atoms with Crippen molar-refractivity contribution in [3.8, 4) is 0 Å². The number of aryl methyl sites for hydroxylation is 1. The average Bonchev–Trinajstić information content (AvgIpc) is 2.72. The molecule has 10 heteroatoms. The Hall–Kier alpha value is -2.26. The summed E-state index contributed by atoms with van der Waals surface area (Å²) in [5.74, 6) is -2.46. The van der Waals surface area contributed by atoms with Gasteiger partial charge in [-0.25, -0.2) is 4.79 Å². The minimum absolute atomic E-state index is 0.0728. The number of aromatic nitrogens is 5. The first kappa shape index (κ1) is 14.2. The van der Waals surface area contributed by atoms with E-state index in [1.54, 1.807) is 13.8 Å². The SMILES string of the molecule is Cc1c(C(=O)OC(C)C)nnc2nc(C(F)(F)F)nn12. The molecule has 108 valence electrons. The normalized spacial score (nSPS) is 12.2. The molecule has 0 aromatic carbocycles. The number of nitrogens with zero attached hydrogens (tertiary/aromatic N) is 5. The van der Waals surface area contributed by atoms with Crippen LogP contribution in [0.1, 0.15) is 35.9 Å². The van der Waals surface area contributed by atoms with Crippen LogP contribution in [0.2, 0.25) is 0 Å². The Balaban J connectivity index is 2.51. The van der Waals surface area contributed by atoms with Crippen molar-refractivity contribution >= 4 is 11.7 Å². The van der Waals surface area contributed by atoms with E-state index >= 15 is 0 Å². The summed E-state index contributed by atoms with van der Waals surface area (Å²) in [7, 11) is 0. The first-order valence-corrected chi connectivity index (χ1v) is 5.58. The number of halogens is 3. The van der Waals surface area contributed by atoms with Gasteiger partial charge in [0.2, 0.25) is 0 Å². The molecule has 0 fully saturated rings. The van der Waals surface area contributed by atoms with Gasteiger partial charge in [-0.15, -0.1) is 15.3 Å². The molecular formula is C10H10F3N5O2. The molecule has 0 aliphatic carbocycles. The number of carbonyl (C=O) groups is 1. The molecule has 0 N–H and O–H groups in total. The Morgan fingerprint density at radius 3 is 2.50 bits per heavy atom. The predicted octanol–water partition coefficient (Wildman–Crippen LogP) is 1.41. The lowest BCUT2D eigenvalue weighted by Gasteiger charge is -2.08. The van der Waals surface area contributed by atoms with Crippen LogP contribution in [-0.4, -0.2) is 36.9 Å². The third kappa shape index (κ3) is 2.53. The zero-order valence-corrected chi connectivity index (χ0v) is 10.8. The Kier molecular flexibility index (Phi) is 3.32. The standard InChI is InChI=1S/C10H10F3N5O2/c1-4(2)20-7(19)6-5(3)18-9(16-15-6)14-8(17-18)10(11,12)13/h4H,1-3H3. The van der Waals surface area contributed by atoms with E-state index in [2.05, 4.69) is 20.3 Å². The highest BCUT2D eigenvalue weighted by Gasteiger charge is 2.37. The van der Waals surface area contributed by atoms with Crippen molar-refractivity contribution in [1.29, 1.82) is 0 Å². The highest BCUT2D eigenvalue weighted by atomic mass is 19.4. The molecule has 0 aliphatic rings. The molecule has 7 nitrogen and oxygen atoms in total. The van der Waals surface area contributed by atoms with Crippen LogP contribution in [0.25, 0.3) is 5.78 Å². The van der Waals surface area contributed by atoms with Gasteiger partial charge in [0, 0.05) is 0 Å². The largest absolute Gasteiger partial charge is 0.458 e. The topological polar surface area (TPSA) is 82.3 Å². The molecule has 20 heavy (non-hydrogen) atoms. The molecule has 2 rings (SSSR count). The maximum atomic E-state index is 12.5. The third-order valence-electron chi connectivity index (χ3n) is 2.28. The lowest BCUT2D eigenvalue weighted by molar-refractivity contribution is -0.144. The van der Waals surface area contributed by atoms with Gasteiger partial charge >= 0.3 is 12.1 Å². The third-order valence-corrected chi connectivity index (χ3v) is 2.28. The molecule has 0 bridgehead atoms. The Bertz CT molecular complexity index is 665. The van der Waals surface area contributed by atoms with E-state index in [-0.39, 0.29) is 23.3 Å². The van der Waals surface area contributed by atoms with Gasteiger partial charge in [-0.05, 0) is 20.8 Å². The van der Waals surface area contributed by atoms with Crippen molar-refractivity contribution in [1.82, 2.24) is 24.8 Å². The summed E-state index contributed by atoms with van der Waals surface area (Å²) in [5, 5.41) is 10.3. The summed E-state index contributed by atoms with van der Waals surface area (Å²) in [4.78, 5) is 14.9. The number of alkyl halides is 3. The number of fused-ring (bicyclic) bond motifs is 1. The number of ether oxygens (including phenoxy) is 1. The van der Waals surface area contributed by atoms with Crippen molar-refractivity contribution in [2.75, 3.05) is 0 Å². The fourth-order valence-electron chi connectivity index (χ4n) is 1.44. The minimum Gasteiger partial charge on any atom is -0.458 e. The summed E-state index contributed by atoms with van der Waals surface area (Å²) in [6.45, 7) is 4.65. The second-order valence-corrected chi connectivity index (χ2v) is 4.23. The van der Waals surface area contributed by atoms with Crippen LogP contribution in [0.15, 0.2) is 0 Å². The molecule has 0 spiro atoms. The van der Waals surface area contributed by atoms with Crippen molar-refractivity contribution in [2.24, 2.45) is 0 Å². The lowest BCUT2D eigenvalue weighted by Crippen LogP contribution is -2.17. The monoisotopic (exact) mass is 289 g/mol. The van der Waals surface area contributed by atoms with Crippen molar-refractivity contribution in [3.63, 3.8) is 0 Å². The van der Waals surface area contributed by atoms with Crippen LogP contribution < -0.4 is 0 Å². The molecule has 2 heterocycles. The second-order valence-electron chi connectivity index (χ2n) is 4.23. The number of esters is 1. The molecule has 0 radical (unpaired) electrons. The first-order chi connectivity index (χ1) is 9.20. The maximum absolute atomic E-state index is 12.5. The number of carbonyl (C=O) groups excluding carboxylic acids is 1. The number of hydrogen-bond donors (Lipinski definition) is 0. The molecule has 0 atom stereocenters. The molecule has 0 saturated carbocycles. The Morgan fingerprint density at radius 1 is 1.30 bits per heavy atom. The van der Waals surface area contributed by atoms with Gasteiger partial charge in [-0.3, -0.25) is 0 Å². The van der Waals surface area contributed by atoms with Gasteiger partial charge in [-0.1, -0.05) is 0 Å². The summed E-state index contributed by atoms with van der Waals surface area (Å²) in [6.07, 6.45) is -5.08. The summed E-state index contributed by atoms with van der Waals surface area (Å²) >= 11 is 0. The Labute approximate surface area is 110 Å². The highest BCUT2D eigenvalue weighted by Crippen LogP contribution is 2.26. The molecule has 2 aromatic rings. The van der Waals surface area contributed by atoms with Crippen molar-refractivity contribution in [3.05, 3.63) is 17.2 Å². The van der Waals surface area contributed by atoms with Crippen molar-refractivity contribution in [2.45, 2.75) is 33.1 Å². The maximum Gasteiger partial charge on any atom is 0.453 e. The second kappa shape index (κ2) is 4.69. The molecule has 0 aliphatic heterocycles. The molecule has 2 aromatic heterocycles. The fraction of sp³-hybridized carbons (Fsp3) is 0.500. The van der Waals surface area contributed by atoms with E-state index in [9.17, 15) is 18.0 Å². The van der Waals surface area contributed by atoms with E-state index < -0.39 is 18.0 Å². The van der Waals surface area contributed by atoms with Gasteiger partial charge in [0.05, 0.1) is 11.8 Å². The highest BCUT2D eigenvalue weighted by molar-refractivity contribution is 5.88. The van der Waals surface area contributed by atoms with E-state index in [0.717, 1.165) is 4.52 Å². The van der Waals surface area contributed by atoms with Crippen LogP contribution in [-0.2, 0) is 10.9 Å². The van der Waals surface area contributed by atoms with Crippen LogP contribution in [0.4, 0.5) is 13.2 Å². The Morgan fingerprint density at radius 2 is 1.95 bits per heavy atom. The van der Waals surface area contributed by atoms with E-state index in [0.29, 0.717) is 0 Å². The quantitative estimate of drug-likeness (QED) is 0.777. The summed E-state index contributed by atoms with van der Waals surface area (Å²) < 4.78 is 43.3. The van der Waals surface area contributed by atoms with Gasteiger partial charge in [-0.2, -0.15) is 22.7 Å².